The van der Waals surface area contributed by atoms with E-state index in [4.69, 9.17) is 11.6 Å². The van der Waals surface area contributed by atoms with Gasteiger partial charge in [0.25, 0.3) is 5.91 Å². The highest BCUT2D eigenvalue weighted by Gasteiger charge is 2.56. The largest absolute Gasteiger partial charge is 0.378 e. The fourth-order valence-electron chi connectivity index (χ4n) is 5.93. The van der Waals surface area contributed by atoms with Crippen molar-refractivity contribution < 1.29 is 31.5 Å². The van der Waals surface area contributed by atoms with E-state index in [9.17, 15) is 31.5 Å². The third-order valence-corrected chi connectivity index (χ3v) is 10.5. The van der Waals surface area contributed by atoms with Crippen LogP contribution in [0.2, 0.25) is 5.02 Å². The molecule has 5 atom stereocenters. The van der Waals surface area contributed by atoms with Gasteiger partial charge in [0.1, 0.15) is 5.60 Å². The molecule has 0 radical (unpaired) electrons. The number of hydrogen-bond donors (Lipinski definition) is 2. The molecule has 40 heavy (non-hydrogen) atoms. The van der Waals surface area contributed by atoms with Gasteiger partial charge in [-0.05, 0) is 67.3 Å². The fraction of sp³-hybridized carbons (Fsp3) is 0.310. The molecule has 1 amide bonds. The van der Waals surface area contributed by atoms with Crippen LogP contribution in [0.4, 0.5) is 18.9 Å². The number of aromatic nitrogens is 1. The Kier molecular flexibility index (Phi) is 7.42. The molecule has 2 saturated carbocycles. The Balaban J connectivity index is 1.42. The van der Waals surface area contributed by atoms with Gasteiger partial charge in [-0.25, -0.2) is 21.6 Å². The molecule has 0 saturated heterocycles. The number of aliphatic hydroxyl groups is 1. The van der Waals surface area contributed by atoms with Gasteiger partial charge >= 0.3 is 0 Å². The lowest BCUT2D eigenvalue weighted by Gasteiger charge is -2.38. The summed E-state index contributed by atoms with van der Waals surface area (Å²) in [6, 6.07) is 8.33. The van der Waals surface area contributed by atoms with Crippen molar-refractivity contribution in [2.75, 3.05) is 5.32 Å². The summed E-state index contributed by atoms with van der Waals surface area (Å²) in [4.78, 5) is 16.5. The first-order valence-corrected chi connectivity index (χ1v) is 14.5. The summed E-state index contributed by atoms with van der Waals surface area (Å²) < 4.78 is 68.4. The zero-order chi connectivity index (χ0) is 28.8. The first-order valence-electron chi connectivity index (χ1n) is 12.5. The average molecular weight is 589 g/mol. The number of carbonyl (C=O) groups is 1. The summed E-state index contributed by atoms with van der Waals surface area (Å²) in [6.45, 7) is 1.95. The lowest BCUT2D eigenvalue weighted by Crippen LogP contribution is -2.46. The maximum atomic E-state index is 14.0. The lowest BCUT2D eigenvalue weighted by molar-refractivity contribution is 0.0311. The Labute approximate surface area is 234 Å². The van der Waals surface area contributed by atoms with Crippen LogP contribution in [0.15, 0.2) is 59.8 Å². The predicted molar refractivity (Wildman–Crippen MR) is 143 cm³/mol. The zero-order valence-corrected chi connectivity index (χ0v) is 22.7. The van der Waals surface area contributed by atoms with Crippen LogP contribution in [0, 0.1) is 47.0 Å². The van der Waals surface area contributed by atoms with Crippen LogP contribution in [0.1, 0.15) is 42.1 Å². The summed E-state index contributed by atoms with van der Waals surface area (Å²) in [5.74, 6) is -0.405. The van der Waals surface area contributed by atoms with Crippen molar-refractivity contribution >= 4 is 33.0 Å². The van der Waals surface area contributed by atoms with Gasteiger partial charge in [0.15, 0.2) is 27.3 Å². The normalized spacial score (nSPS) is 25.6. The molecule has 2 N–H and O–H groups in total. The van der Waals surface area contributed by atoms with Crippen LogP contribution in [0.5, 0.6) is 0 Å². The highest BCUT2D eigenvalue weighted by molar-refractivity contribution is 7.92. The average Bonchev–Trinajstić information content (AvgIpc) is 3.13. The molecule has 0 aliphatic heterocycles. The van der Waals surface area contributed by atoms with Crippen molar-refractivity contribution in [1.82, 2.24) is 4.98 Å². The van der Waals surface area contributed by atoms with Crippen molar-refractivity contribution in [1.29, 1.82) is 0 Å². The Hall–Kier alpha value is -3.39. The van der Waals surface area contributed by atoms with Crippen molar-refractivity contribution in [2.24, 2.45) is 17.8 Å². The quantitative estimate of drug-likeness (QED) is 0.314. The number of nitrogens with zero attached hydrogens (tertiary/aromatic N) is 1. The molecule has 11 heteroatoms. The molecule has 2 bridgehead atoms. The van der Waals surface area contributed by atoms with Crippen LogP contribution in [-0.4, -0.2) is 35.3 Å². The van der Waals surface area contributed by atoms with E-state index in [0.717, 1.165) is 6.07 Å². The zero-order valence-electron chi connectivity index (χ0n) is 21.2. The van der Waals surface area contributed by atoms with Crippen molar-refractivity contribution in [3.05, 3.63) is 88.5 Å². The molecule has 3 aromatic rings. The minimum absolute atomic E-state index is 0.00458. The summed E-state index contributed by atoms with van der Waals surface area (Å²) >= 11 is 6.32. The van der Waals surface area contributed by atoms with Gasteiger partial charge in [0.2, 0.25) is 0 Å². The second-order valence-electron chi connectivity index (χ2n) is 10.4. The maximum Gasteiger partial charge on any atom is 0.255 e. The monoisotopic (exact) mass is 588 g/mol. The Morgan fingerprint density at radius 1 is 1.10 bits per heavy atom. The third-order valence-electron chi connectivity index (χ3n) is 7.69. The summed E-state index contributed by atoms with van der Waals surface area (Å²) in [6.07, 6.45) is 4.09. The standard InChI is InChI=1S/C29H24ClF3N2O4S/c1-16-10-19-14-29(37,7-4-17-5-8-34-9-6-17)15-21(16)27(19)40(38,39)25-11-18(2-3-22(25)30)28(36)35-20-12-23(31)26(33)24(32)13-20/h2-3,5-6,8-9,11-13,16,19,21,27,37H,10,14-15H2,1H3,(H,35,36)/t16-,19-,21?,27?,29-/m0/s1. The number of benzene rings is 2. The number of sulfone groups is 1. The fourth-order valence-corrected chi connectivity index (χ4v) is 8.84. The predicted octanol–water partition coefficient (Wildman–Crippen LogP) is 5.40. The Bertz CT molecular complexity index is 1640. The number of fused-ring (bicyclic) bond motifs is 2. The van der Waals surface area contributed by atoms with Gasteiger partial charge < -0.3 is 10.4 Å². The van der Waals surface area contributed by atoms with Gasteiger partial charge in [-0.15, -0.1) is 0 Å². The Morgan fingerprint density at radius 2 is 1.77 bits per heavy atom. The van der Waals surface area contributed by atoms with E-state index in [1.807, 2.05) is 6.92 Å². The van der Waals surface area contributed by atoms with E-state index >= 15 is 0 Å². The molecular formula is C29H24ClF3N2O4S. The molecule has 6 nitrogen and oxygen atoms in total. The topological polar surface area (TPSA) is 96.4 Å². The highest BCUT2D eigenvalue weighted by Crippen LogP contribution is 2.53. The number of pyridine rings is 1. The van der Waals surface area contributed by atoms with E-state index in [2.05, 4.69) is 22.1 Å². The van der Waals surface area contributed by atoms with Gasteiger partial charge in [-0.1, -0.05) is 30.4 Å². The minimum Gasteiger partial charge on any atom is -0.378 e. The van der Waals surface area contributed by atoms with Crippen LogP contribution in [0.3, 0.4) is 0 Å². The molecule has 208 valence electrons. The van der Waals surface area contributed by atoms with Crippen LogP contribution < -0.4 is 5.32 Å². The molecule has 5 rings (SSSR count). The second kappa shape index (κ2) is 10.5. The highest BCUT2D eigenvalue weighted by atomic mass is 35.5. The number of rotatable bonds is 4. The summed E-state index contributed by atoms with van der Waals surface area (Å²) in [5.41, 5.74) is -1.14. The smallest absolute Gasteiger partial charge is 0.255 e. The van der Waals surface area contributed by atoms with E-state index in [0.29, 0.717) is 24.1 Å². The minimum atomic E-state index is -4.08. The molecule has 0 spiro atoms. The van der Waals surface area contributed by atoms with Gasteiger partial charge in [0.05, 0.1) is 15.2 Å². The molecule has 2 aromatic carbocycles. The van der Waals surface area contributed by atoms with Crippen LogP contribution in [-0.2, 0) is 9.84 Å². The summed E-state index contributed by atoms with van der Waals surface area (Å²) in [5, 5.41) is 12.6. The van der Waals surface area contributed by atoms with Crippen molar-refractivity contribution in [3.63, 3.8) is 0 Å². The molecule has 2 fully saturated rings. The lowest BCUT2D eigenvalue weighted by atomic mass is 9.76. The molecule has 2 unspecified atom stereocenters. The number of amides is 1. The van der Waals surface area contributed by atoms with Crippen LogP contribution in [0.25, 0.3) is 0 Å². The Morgan fingerprint density at radius 3 is 2.42 bits per heavy atom. The number of anilines is 1. The second-order valence-corrected chi connectivity index (χ2v) is 12.9. The van der Waals surface area contributed by atoms with E-state index in [-0.39, 0.29) is 39.9 Å². The van der Waals surface area contributed by atoms with Crippen molar-refractivity contribution in [3.8, 4) is 11.8 Å². The molecule has 1 aromatic heterocycles. The van der Waals surface area contributed by atoms with Crippen molar-refractivity contribution in [2.45, 2.75) is 41.9 Å². The van der Waals surface area contributed by atoms with E-state index in [1.54, 1.807) is 24.5 Å². The molecule has 2 aliphatic carbocycles. The van der Waals surface area contributed by atoms with Gasteiger partial charge in [-0.2, -0.15) is 0 Å². The van der Waals surface area contributed by atoms with E-state index < -0.39 is 55.9 Å². The van der Waals surface area contributed by atoms with E-state index in [1.165, 1.54) is 12.1 Å². The number of nitrogens with one attached hydrogen (secondary N) is 1. The molecular weight excluding hydrogens is 565 g/mol. The summed E-state index contributed by atoms with van der Waals surface area (Å²) in [7, 11) is -4.08. The molecule has 1 heterocycles. The number of carbonyl (C=O) groups excluding carboxylic acids is 1. The van der Waals surface area contributed by atoms with Crippen LogP contribution >= 0.6 is 11.6 Å². The third kappa shape index (κ3) is 5.33. The molecule has 2 aliphatic rings. The first-order chi connectivity index (χ1) is 18.9. The SMILES string of the molecule is C[C@H]1C[C@H]2C[C@@](O)(C#Cc3ccncc3)CC1C2S(=O)(=O)c1cc(C(=O)Nc2cc(F)c(F)c(F)c2)ccc1Cl. The number of halogens is 4. The van der Waals surface area contributed by atoms with Gasteiger partial charge in [-0.3, -0.25) is 9.78 Å². The first kappa shape index (κ1) is 28.1. The van der Waals surface area contributed by atoms with Gasteiger partial charge in [0, 0.05) is 41.3 Å². The number of hydrogen-bond acceptors (Lipinski definition) is 5. The maximum absolute atomic E-state index is 14.0.